The van der Waals surface area contributed by atoms with Gasteiger partial charge in [0, 0.05) is 5.56 Å². The highest BCUT2D eigenvalue weighted by atomic mass is 16.5. The fraction of sp³-hybridized carbons (Fsp3) is 0.158. The lowest BCUT2D eigenvalue weighted by Crippen LogP contribution is -2.11. The van der Waals surface area contributed by atoms with E-state index in [-0.39, 0.29) is 11.7 Å². The SMILES string of the molecule is Cc1noc(C)c1COc1ccc(C(=O)Nc2ccccc2O)cc1. The molecule has 3 aromatic rings. The van der Waals surface area contributed by atoms with Crippen LogP contribution in [-0.2, 0) is 6.61 Å². The second-order valence-corrected chi connectivity index (χ2v) is 5.59. The number of amides is 1. The van der Waals surface area contributed by atoms with Gasteiger partial charge in [0.05, 0.1) is 16.9 Å². The Kier molecular flexibility index (Phi) is 4.70. The largest absolute Gasteiger partial charge is 0.506 e. The molecule has 0 atom stereocenters. The van der Waals surface area contributed by atoms with Crippen LogP contribution >= 0.6 is 0 Å². The minimum atomic E-state index is -0.307. The van der Waals surface area contributed by atoms with Crippen molar-refractivity contribution in [1.82, 2.24) is 5.16 Å². The molecule has 3 rings (SSSR count). The Hall–Kier alpha value is -3.28. The van der Waals surface area contributed by atoms with Crippen LogP contribution in [0.3, 0.4) is 0 Å². The molecule has 1 heterocycles. The molecule has 2 N–H and O–H groups in total. The number of nitrogens with one attached hydrogen (secondary N) is 1. The van der Waals surface area contributed by atoms with Crippen molar-refractivity contribution in [3.8, 4) is 11.5 Å². The maximum atomic E-state index is 12.2. The van der Waals surface area contributed by atoms with E-state index in [2.05, 4.69) is 10.5 Å². The topological polar surface area (TPSA) is 84.6 Å². The summed E-state index contributed by atoms with van der Waals surface area (Å²) in [6, 6.07) is 13.3. The lowest BCUT2D eigenvalue weighted by molar-refractivity contribution is 0.102. The van der Waals surface area contributed by atoms with Crippen molar-refractivity contribution >= 4 is 11.6 Å². The van der Waals surface area contributed by atoms with Crippen molar-refractivity contribution < 1.29 is 19.2 Å². The molecule has 1 amide bonds. The zero-order chi connectivity index (χ0) is 17.8. The van der Waals surface area contributed by atoms with Crippen LogP contribution in [0.25, 0.3) is 0 Å². The second-order valence-electron chi connectivity index (χ2n) is 5.59. The molecule has 1 aromatic heterocycles. The van der Waals surface area contributed by atoms with Crippen LogP contribution in [0.4, 0.5) is 5.69 Å². The highest BCUT2D eigenvalue weighted by molar-refractivity contribution is 6.05. The fourth-order valence-corrected chi connectivity index (χ4v) is 2.34. The van der Waals surface area contributed by atoms with Crippen LogP contribution in [0.5, 0.6) is 11.5 Å². The molecule has 6 heteroatoms. The average molecular weight is 338 g/mol. The molecular formula is C19H18N2O4. The minimum Gasteiger partial charge on any atom is -0.506 e. The quantitative estimate of drug-likeness (QED) is 0.691. The molecule has 6 nitrogen and oxygen atoms in total. The van der Waals surface area contributed by atoms with Gasteiger partial charge in [-0.3, -0.25) is 4.79 Å². The smallest absolute Gasteiger partial charge is 0.255 e. The molecule has 0 saturated carbocycles. The number of para-hydroxylation sites is 2. The molecule has 0 aliphatic carbocycles. The summed E-state index contributed by atoms with van der Waals surface area (Å²) >= 11 is 0. The van der Waals surface area contributed by atoms with Gasteiger partial charge in [-0.1, -0.05) is 17.3 Å². The van der Waals surface area contributed by atoms with Gasteiger partial charge in [0.25, 0.3) is 5.91 Å². The van der Waals surface area contributed by atoms with Crippen molar-refractivity contribution in [1.29, 1.82) is 0 Å². The highest BCUT2D eigenvalue weighted by Crippen LogP contribution is 2.23. The van der Waals surface area contributed by atoms with Crippen molar-refractivity contribution in [2.45, 2.75) is 20.5 Å². The van der Waals surface area contributed by atoms with Gasteiger partial charge in [-0.05, 0) is 50.2 Å². The van der Waals surface area contributed by atoms with Crippen molar-refractivity contribution in [2.75, 3.05) is 5.32 Å². The summed E-state index contributed by atoms with van der Waals surface area (Å²) in [6.45, 7) is 4.05. The molecule has 0 aliphatic heterocycles. The summed E-state index contributed by atoms with van der Waals surface area (Å²) in [5.74, 6) is 1.09. The summed E-state index contributed by atoms with van der Waals surface area (Å²) in [5, 5.41) is 16.3. The molecule has 128 valence electrons. The van der Waals surface area contributed by atoms with Gasteiger partial charge >= 0.3 is 0 Å². The average Bonchev–Trinajstić information content (AvgIpc) is 2.93. The monoisotopic (exact) mass is 338 g/mol. The first-order chi connectivity index (χ1) is 12.0. The Balaban J connectivity index is 1.64. The van der Waals surface area contributed by atoms with E-state index in [1.54, 1.807) is 42.5 Å². The zero-order valence-corrected chi connectivity index (χ0v) is 13.9. The van der Waals surface area contributed by atoms with Gasteiger partial charge in [-0.2, -0.15) is 0 Å². The summed E-state index contributed by atoms with van der Waals surface area (Å²) < 4.78 is 10.8. The van der Waals surface area contributed by atoms with E-state index in [1.165, 1.54) is 6.07 Å². The number of nitrogens with zero attached hydrogens (tertiary/aromatic N) is 1. The van der Waals surface area contributed by atoms with Crippen LogP contribution in [0.2, 0.25) is 0 Å². The van der Waals surface area contributed by atoms with Crippen molar-refractivity contribution in [3.63, 3.8) is 0 Å². The Bertz CT molecular complexity index is 865. The summed E-state index contributed by atoms with van der Waals surface area (Å²) in [7, 11) is 0. The molecular weight excluding hydrogens is 320 g/mol. The molecule has 0 saturated heterocycles. The third-order valence-corrected chi connectivity index (χ3v) is 3.83. The summed E-state index contributed by atoms with van der Waals surface area (Å²) in [4.78, 5) is 12.2. The number of phenols is 1. The third kappa shape index (κ3) is 3.80. The second kappa shape index (κ2) is 7.09. The summed E-state index contributed by atoms with van der Waals surface area (Å²) in [6.07, 6.45) is 0. The van der Waals surface area contributed by atoms with E-state index in [9.17, 15) is 9.90 Å². The van der Waals surface area contributed by atoms with Crippen molar-refractivity contribution in [3.05, 3.63) is 71.1 Å². The Labute approximate surface area is 145 Å². The molecule has 0 bridgehead atoms. The fourth-order valence-electron chi connectivity index (χ4n) is 2.34. The maximum Gasteiger partial charge on any atom is 0.255 e. The van der Waals surface area contributed by atoms with E-state index in [1.807, 2.05) is 13.8 Å². The molecule has 0 unspecified atom stereocenters. The van der Waals surface area contributed by atoms with Gasteiger partial charge < -0.3 is 19.7 Å². The standard InChI is InChI=1S/C19H18N2O4/c1-12-16(13(2)25-21-12)11-24-15-9-7-14(8-10-15)19(23)20-17-5-3-4-6-18(17)22/h3-10,22H,11H2,1-2H3,(H,20,23). The van der Waals surface area contributed by atoms with Crippen molar-refractivity contribution in [2.24, 2.45) is 0 Å². The van der Waals surface area contributed by atoms with Crippen LogP contribution in [0, 0.1) is 13.8 Å². The lowest BCUT2D eigenvalue weighted by Gasteiger charge is -2.09. The van der Waals surface area contributed by atoms with Crippen LogP contribution in [0.1, 0.15) is 27.4 Å². The van der Waals surface area contributed by atoms with Gasteiger partial charge in [-0.15, -0.1) is 0 Å². The van der Waals surface area contributed by atoms with Crippen LogP contribution in [-0.4, -0.2) is 16.2 Å². The number of anilines is 1. The van der Waals surface area contributed by atoms with Crippen LogP contribution < -0.4 is 10.1 Å². The Morgan fingerprint density at radius 1 is 1.16 bits per heavy atom. The van der Waals surface area contributed by atoms with E-state index in [4.69, 9.17) is 9.26 Å². The number of phenolic OH excluding ortho intramolecular Hbond substituents is 1. The van der Waals surface area contributed by atoms with E-state index in [0.29, 0.717) is 23.6 Å². The molecule has 25 heavy (non-hydrogen) atoms. The van der Waals surface area contributed by atoms with E-state index >= 15 is 0 Å². The third-order valence-electron chi connectivity index (χ3n) is 3.83. The first kappa shape index (κ1) is 16.6. The highest BCUT2D eigenvalue weighted by Gasteiger charge is 2.11. The lowest BCUT2D eigenvalue weighted by atomic mass is 10.2. The summed E-state index contributed by atoms with van der Waals surface area (Å²) in [5.41, 5.74) is 2.55. The number of hydrogen-bond acceptors (Lipinski definition) is 5. The molecule has 0 fully saturated rings. The van der Waals surface area contributed by atoms with Gasteiger partial charge in [-0.25, -0.2) is 0 Å². The van der Waals surface area contributed by atoms with Gasteiger partial charge in [0.15, 0.2) is 0 Å². The first-order valence-electron chi connectivity index (χ1n) is 7.78. The maximum absolute atomic E-state index is 12.2. The number of rotatable bonds is 5. The van der Waals surface area contributed by atoms with E-state index < -0.39 is 0 Å². The number of carbonyl (C=O) groups excluding carboxylic acids is 1. The predicted octanol–water partition coefficient (Wildman–Crippen LogP) is 3.83. The number of ether oxygens (including phenoxy) is 1. The molecule has 0 aliphatic rings. The number of hydrogen-bond donors (Lipinski definition) is 2. The zero-order valence-electron chi connectivity index (χ0n) is 13.9. The Morgan fingerprint density at radius 2 is 1.88 bits per heavy atom. The molecule has 0 spiro atoms. The number of benzene rings is 2. The first-order valence-corrected chi connectivity index (χ1v) is 7.78. The number of aromatic hydroxyl groups is 1. The Morgan fingerprint density at radius 3 is 2.52 bits per heavy atom. The van der Waals surface area contributed by atoms with E-state index in [0.717, 1.165) is 17.0 Å². The molecule has 0 radical (unpaired) electrons. The predicted molar refractivity (Wildman–Crippen MR) is 92.8 cm³/mol. The minimum absolute atomic E-state index is 0.0234. The van der Waals surface area contributed by atoms with Gasteiger partial charge in [0.2, 0.25) is 0 Å². The number of carbonyl (C=O) groups is 1. The normalized spacial score (nSPS) is 10.5. The number of aromatic nitrogens is 1. The van der Waals surface area contributed by atoms with Crippen LogP contribution in [0.15, 0.2) is 53.1 Å². The van der Waals surface area contributed by atoms with Gasteiger partial charge in [0.1, 0.15) is 23.9 Å². The molecule has 2 aromatic carbocycles. The number of aryl methyl sites for hydroxylation is 2.